The van der Waals surface area contributed by atoms with Gasteiger partial charge in [0.05, 0.1) is 6.33 Å². The molecule has 3 heterocycles. The van der Waals surface area contributed by atoms with E-state index in [-0.39, 0.29) is 0 Å². The SMILES string of the molecule is CC(CN1CCN(c2ccccc2)CC1)Cn1cnc2c(N)ncnc21. The van der Waals surface area contributed by atoms with Gasteiger partial charge in [-0.3, -0.25) is 4.90 Å². The Bertz CT molecular complexity index is 853. The molecule has 1 aromatic carbocycles. The minimum Gasteiger partial charge on any atom is -0.382 e. The Hall–Kier alpha value is -2.67. The third-order valence-corrected chi connectivity index (χ3v) is 5.00. The molecule has 0 aliphatic carbocycles. The number of anilines is 2. The molecule has 7 nitrogen and oxygen atoms in total. The Morgan fingerprint density at radius 1 is 1.00 bits per heavy atom. The van der Waals surface area contributed by atoms with Crippen LogP contribution in [0.2, 0.25) is 0 Å². The Morgan fingerprint density at radius 3 is 2.54 bits per heavy atom. The fourth-order valence-electron chi connectivity index (χ4n) is 3.69. The molecule has 0 saturated carbocycles. The summed E-state index contributed by atoms with van der Waals surface area (Å²) in [5.74, 6) is 0.949. The third-order valence-electron chi connectivity index (χ3n) is 5.00. The molecule has 0 bridgehead atoms. The van der Waals surface area contributed by atoms with E-state index < -0.39 is 0 Å². The summed E-state index contributed by atoms with van der Waals surface area (Å²) in [4.78, 5) is 17.7. The highest BCUT2D eigenvalue weighted by Crippen LogP contribution is 2.18. The molecule has 7 heteroatoms. The van der Waals surface area contributed by atoms with Gasteiger partial charge in [0.25, 0.3) is 0 Å². The van der Waals surface area contributed by atoms with E-state index >= 15 is 0 Å². The smallest absolute Gasteiger partial charge is 0.165 e. The summed E-state index contributed by atoms with van der Waals surface area (Å²) >= 11 is 0. The summed E-state index contributed by atoms with van der Waals surface area (Å²) in [6.45, 7) is 8.58. The highest BCUT2D eigenvalue weighted by Gasteiger charge is 2.19. The summed E-state index contributed by atoms with van der Waals surface area (Å²) in [6, 6.07) is 10.7. The molecule has 1 aliphatic heterocycles. The molecule has 4 rings (SSSR count). The van der Waals surface area contributed by atoms with E-state index in [4.69, 9.17) is 5.73 Å². The van der Waals surface area contributed by atoms with E-state index in [1.54, 1.807) is 0 Å². The fourth-order valence-corrected chi connectivity index (χ4v) is 3.69. The molecule has 1 atom stereocenters. The number of piperazine rings is 1. The molecule has 0 spiro atoms. The number of nitrogens with zero attached hydrogens (tertiary/aromatic N) is 6. The van der Waals surface area contributed by atoms with Crippen LogP contribution in [-0.4, -0.2) is 57.1 Å². The zero-order valence-corrected chi connectivity index (χ0v) is 15.1. The van der Waals surface area contributed by atoms with E-state index in [0.717, 1.165) is 44.9 Å². The van der Waals surface area contributed by atoms with Crippen molar-refractivity contribution in [1.82, 2.24) is 24.4 Å². The standard InChI is InChI=1S/C19H25N7/c1-15(12-26-14-23-17-18(20)21-13-22-19(17)26)11-24-7-9-25(10-8-24)16-5-3-2-4-6-16/h2-6,13-15H,7-12H2,1H3,(H2,20,21,22). The van der Waals surface area contributed by atoms with E-state index in [0.29, 0.717) is 17.3 Å². The number of imidazole rings is 1. The van der Waals surface area contributed by atoms with Crippen molar-refractivity contribution < 1.29 is 0 Å². The lowest BCUT2D eigenvalue weighted by Gasteiger charge is -2.37. The third kappa shape index (κ3) is 3.48. The lowest BCUT2D eigenvalue weighted by atomic mass is 10.1. The molecule has 136 valence electrons. The van der Waals surface area contributed by atoms with Crippen LogP contribution in [0.1, 0.15) is 6.92 Å². The molecule has 1 unspecified atom stereocenters. The molecule has 1 fully saturated rings. The number of rotatable bonds is 5. The van der Waals surface area contributed by atoms with Crippen molar-refractivity contribution in [2.45, 2.75) is 13.5 Å². The Balaban J connectivity index is 1.33. The van der Waals surface area contributed by atoms with Crippen molar-refractivity contribution in [2.75, 3.05) is 43.4 Å². The van der Waals surface area contributed by atoms with Crippen molar-refractivity contribution in [3.05, 3.63) is 43.0 Å². The molecule has 2 N–H and O–H groups in total. The molecule has 26 heavy (non-hydrogen) atoms. The number of nitrogens with two attached hydrogens (primary N) is 1. The molecular formula is C19H25N7. The first-order valence-corrected chi connectivity index (χ1v) is 9.14. The molecule has 2 aromatic heterocycles. The largest absolute Gasteiger partial charge is 0.382 e. The van der Waals surface area contributed by atoms with Gasteiger partial charge in [0.1, 0.15) is 11.8 Å². The Kier molecular flexibility index (Phi) is 4.71. The normalized spacial score (nSPS) is 16.9. The molecule has 1 saturated heterocycles. The van der Waals surface area contributed by atoms with Crippen molar-refractivity contribution in [2.24, 2.45) is 5.92 Å². The van der Waals surface area contributed by atoms with E-state index in [9.17, 15) is 0 Å². The van der Waals surface area contributed by atoms with Gasteiger partial charge in [0.15, 0.2) is 11.5 Å². The summed E-state index contributed by atoms with van der Waals surface area (Å²) in [6.07, 6.45) is 3.32. The van der Waals surface area contributed by atoms with Crippen molar-refractivity contribution >= 4 is 22.7 Å². The lowest BCUT2D eigenvalue weighted by molar-refractivity contribution is 0.216. The minimum atomic E-state index is 0.443. The molecule has 1 aliphatic rings. The Labute approximate surface area is 153 Å². The first kappa shape index (κ1) is 16.8. The van der Waals surface area contributed by atoms with Crippen molar-refractivity contribution in [3.63, 3.8) is 0 Å². The molecule has 0 radical (unpaired) electrons. The van der Waals surface area contributed by atoms with Gasteiger partial charge >= 0.3 is 0 Å². The second-order valence-corrected chi connectivity index (χ2v) is 7.06. The van der Waals surface area contributed by atoms with E-state index in [1.807, 2.05) is 6.33 Å². The quantitative estimate of drug-likeness (QED) is 0.756. The summed E-state index contributed by atoms with van der Waals surface area (Å²) in [5.41, 5.74) is 8.70. The number of nitrogen functional groups attached to an aromatic ring is 1. The Morgan fingerprint density at radius 2 is 1.77 bits per heavy atom. The number of benzene rings is 1. The van der Waals surface area contributed by atoms with Crippen LogP contribution < -0.4 is 10.6 Å². The molecule has 3 aromatic rings. The number of hydrogen-bond donors (Lipinski definition) is 1. The first-order valence-electron chi connectivity index (χ1n) is 9.14. The van der Waals surface area contributed by atoms with Crippen LogP contribution in [0.25, 0.3) is 11.2 Å². The zero-order chi connectivity index (χ0) is 17.9. The van der Waals surface area contributed by atoms with Crippen LogP contribution in [0, 0.1) is 5.92 Å². The van der Waals surface area contributed by atoms with Gasteiger partial charge in [-0.05, 0) is 18.1 Å². The molecule has 0 amide bonds. The van der Waals surface area contributed by atoms with Gasteiger partial charge in [-0.25, -0.2) is 15.0 Å². The van der Waals surface area contributed by atoms with Crippen molar-refractivity contribution in [1.29, 1.82) is 0 Å². The average Bonchev–Trinajstić information content (AvgIpc) is 3.07. The topological polar surface area (TPSA) is 76.1 Å². The number of aromatic nitrogens is 4. The summed E-state index contributed by atoms with van der Waals surface area (Å²) in [7, 11) is 0. The minimum absolute atomic E-state index is 0.443. The van der Waals surface area contributed by atoms with Gasteiger partial charge < -0.3 is 15.2 Å². The number of fused-ring (bicyclic) bond motifs is 1. The van der Waals surface area contributed by atoms with Gasteiger partial charge in [0.2, 0.25) is 0 Å². The van der Waals surface area contributed by atoms with Crippen LogP contribution >= 0.6 is 0 Å². The van der Waals surface area contributed by atoms with E-state index in [2.05, 4.69) is 66.6 Å². The van der Waals surface area contributed by atoms with Gasteiger partial charge in [-0.2, -0.15) is 0 Å². The van der Waals surface area contributed by atoms with Crippen LogP contribution in [0.4, 0.5) is 11.5 Å². The average molecular weight is 351 g/mol. The summed E-state index contributed by atoms with van der Waals surface area (Å²) < 4.78 is 2.08. The predicted octanol–water partition coefficient (Wildman–Crippen LogP) is 1.87. The van der Waals surface area contributed by atoms with Crippen LogP contribution in [0.3, 0.4) is 0 Å². The first-order chi connectivity index (χ1) is 12.7. The van der Waals surface area contributed by atoms with Crippen molar-refractivity contribution in [3.8, 4) is 0 Å². The van der Waals surface area contributed by atoms with Crippen LogP contribution in [-0.2, 0) is 6.54 Å². The lowest BCUT2D eigenvalue weighted by Crippen LogP contribution is -2.47. The number of hydrogen-bond acceptors (Lipinski definition) is 6. The second-order valence-electron chi connectivity index (χ2n) is 7.06. The fraction of sp³-hybridized carbons (Fsp3) is 0.421. The maximum atomic E-state index is 5.87. The number of para-hydroxylation sites is 1. The highest BCUT2D eigenvalue weighted by atomic mass is 15.3. The second kappa shape index (κ2) is 7.29. The van der Waals surface area contributed by atoms with Gasteiger partial charge in [-0.15, -0.1) is 0 Å². The maximum absolute atomic E-state index is 5.87. The van der Waals surface area contributed by atoms with E-state index in [1.165, 1.54) is 12.0 Å². The summed E-state index contributed by atoms with van der Waals surface area (Å²) in [5, 5.41) is 0. The maximum Gasteiger partial charge on any atom is 0.165 e. The monoisotopic (exact) mass is 351 g/mol. The van der Waals surface area contributed by atoms with Crippen LogP contribution in [0.15, 0.2) is 43.0 Å². The highest BCUT2D eigenvalue weighted by molar-refractivity contribution is 5.81. The van der Waals surface area contributed by atoms with Crippen LogP contribution in [0.5, 0.6) is 0 Å². The molecular weight excluding hydrogens is 326 g/mol. The van der Waals surface area contributed by atoms with Gasteiger partial charge in [-0.1, -0.05) is 25.1 Å². The predicted molar refractivity (Wildman–Crippen MR) is 104 cm³/mol. The zero-order valence-electron chi connectivity index (χ0n) is 15.1. The van der Waals surface area contributed by atoms with Gasteiger partial charge in [0, 0.05) is 45.0 Å².